The number of halogens is 2. The van der Waals surface area contributed by atoms with Crippen LogP contribution in [0.25, 0.3) is 0 Å². The molecule has 0 aliphatic carbocycles. The fourth-order valence-corrected chi connectivity index (χ4v) is 2.55. The summed E-state index contributed by atoms with van der Waals surface area (Å²) in [5.41, 5.74) is 6.73. The van der Waals surface area contributed by atoms with Crippen molar-refractivity contribution >= 4 is 34.2 Å². The summed E-state index contributed by atoms with van der Waals surface area (Å²) in [6.45, 7) is 1.43. The summed E-state index contributed by atoms with van der Waals surface area (Å²) in [7, 11) is 0. The highest BCUT2D eigenvalue weighted by Gasteiger charge is 2.27. The Balaban J connectivity index is 0.00000162. The molecule has 1 aromatic rings. The zero-order valence-corrected chi connectivity index (χ0v) is 12.5. The average molecular weight is 334 g/mol. The van der Waals surface area contributed by atoms with Gasteiger partial charge >= 0.3 is 0 Å². The molecule has 1 aliphatic heterocycles. The predicted molar refractivity (Wildman–Crippen MR) is 78.9 cm³/mol. The standard InChI is InChI=1S/C13H17BrN2O.ClH/c14-11-5-3-10(4-6-11)8-13(17)16-7-1-2-12(16)9-15;/h3-6,12H,1-2,7-9,15H2;1H. The highest BCUT2D eigenvalue weighted by Crippen LogP contribution is 2.18. The molecule has 1 atom stereocenters. The first-order valence-electron chi connectivity index (χ1n) is 5.94. The Kier molecular flexibility index (Phi) is 6.12. The monoisotopic (exact) mass is 332 g/mol. The number of hydrogen-bond acceptors (Lipinski definition) is 2. The van der Waals surface area contributed by atoms with Gasteiger partial charge in [-0.3, -0.25) is 4.79 Å². The maximum atomic E-state index is 12.1. The molecular weight excluding hydrogens is 316 g/mol. The molecule has 100 valence electrons. The fraction of sp³-hybridized carbons (Fsp3) is 0.462. The van der Waals surface area contributed by atoms with Gasteiger partial charge in [-0.2, -0.15) is 0 Å². The van der Waals surface area contributed by atoms with E-state index in [1.54, 1.807) is 0 Å². The number of carbonyl (C=O) groups excluding carboxylic acids is 1. The first-order chi connectivity index (χ1) is 8.20. The summed E-state index contributed by atoms with van der Waals surface area (Å²) in [5, 5.41) is 0. The Morgan fingerprint density at radius 1 is 1.39 bits per heavy atom. The molecule has 0 bridgehead atoms. The molecule has 1 fully saturated rings. The SMILES string of the molecule is Cl.NCC1CCCN1C(=O)Cc1ccc(Br)cc1. The summed E-state index contributed by atoms with van der Waals surface area (Å²) >= 11 is 3.39. The Morgan fingerprint density at radius 2 is 2.06 bits per heavy atom. The van der Waals surface area contributed by atoms with Gasteiger partial charge in [-0.05, 0) is 30.5 Å². The second-order valence-corrected chi connectivity index (χ2v) is 5.34. The van der Waals surface area contributed by atoms with E-state index in [9.17, 15) is 4.79 Å². The number of benzene rings is 1. The largest absolute Gasteiger partial charge is 0.338 e. The van der Waals surface area contributed by atoms with Crippen LogP contribution in [0.5, 0.6) is 0 Å². The number of rotatable bonds is 3. The zero-order valence-electron chi connectivity index (χ0n) is 10.1. The molecule has 0 saturated carbocycles. The van der Waals surface area contributed by atoms with Gasteiger partial charge in [0, 0.05) is 23.6 Å². The van der Waals surface area contributed by atoms with Gasteiger partial charge in [-0.1, -0.05) is 28.1 Å². The van der Waals surface area contributed by atoms with E-state index >= 15 is 0 Å². The number of amides is 1. The third kappa shape index (κ3) is 3.70. The van der Waals surface area contributed by atoms with Crippen LogP contribution in [0.2, 0.25) is 0 Å². The van der Waals surface area contributed by atoms with Crippen LogP contribution in [0, 0.1) is 0 Å². The average Bonchev–Trinajstić information content (AvgIpc) is 2.80. The molecule has 2 N–H and O–H groups in total. The number of nitrogens with two attached hydrogens (primary N) is 1. The second kappa shape index (κ2) is 7.12. The van der Waals surface area contributed by atoms with Crippen LogP contribution in [-0.2, 0) is 11.2 Å². The Hall–Kier alpha value is -0.580. The van der Waals surface area contributed by atoms with E-state index in [1.165, 1.54) is 0 Å². The van der Waals surface area contributed by atoms with E-state index in [2.05, 4.69) is 15.9 Å². The Labute approximate surface area is 122 Å². The molecule has 0 radical (unpaired) electrons. The lowest BCUT2D eigenvalue weighted by molar-refractivity contribution is -0.131. The molecule has 2 rings (SSSR count). The molecule has 1 saturated heterocycles. The van der Waals surface area contributed by atoms with Gasteiger partial charge in [-0.15, -0.1) is 12.4 Å². The first-order valence-corrected chi connectivity index (χ1v) is 6.74. The second-order valence-electron chi connectivity index (χ2n) is 4.42. The van der Waals surface area contributed by atoms with Gasteiger partial charge in [0.1, 0.15) is 0 Å². The van der Waals surface area contributed by atoms with E-state index in [4.69, 9.17) is 5.73 Å². The third-order valence-corrected chi connectivity index (χ3v) is 3.77. The van der Waals surface area contributed by atoms with E-state index in [-0.39, 0.29) is 24.4 Å². The van der Waals surface area contributed by atoms with Gasteiger partial charge in [0.05, 0.1) is 6.42 Å². The van der Waals surface area contributed by atoms with Crippen molar-refractivity contribution in [2.24, 2.45) is 5.73 Å². The minimum Gasteiger partial charge on any atom is -0.338 e. The van der Waals surface area contributed by atoms with Crippen LogP contribution >= 0.6 is 28.3 Å². The molecule has 1 aromatic carbocycles. The molecule has 1 unspecified atom stereocenters. The summed E-state index contributed by atoms with van der Waals surface area (Å²) in [6, 6.07) is 8.14. The third-order valence-electron chi connectivity index (χ3n) is 3.24. The maximum Gasteiger partial charge on any atom is 0.227 e. The highest BCUT2D eigenvalue weighted by molar-refractivity contribution is 9.10. The molecule has 1 amide bonds. The van der Waals surface area contributed by atoms with Crippen molar-refractivity contribution in [3.05, 3.63) is 34.3 Å². The van der Waals surface area contributed by atoms with Crippen molar-refractivity contribution in [1.82, 2.24) is 4.90 Å². The Bertz CT molecular complexity index is 396. The summed E-state index contributed by atoms with van der Waals surface area (Å²) < 4.78 is 1.04. The normalized spacial score (nSPS) is 18.6. The van der Waals surface area contributed by atoms with Crippen LogP contribution < -0.4 is 5.73 Å². The van der Waals surface area contributed by atoms with Gasteiger partial charge in [0.15, 0.2) is 0 Å². The van der Waals surface area contributed by atoms with Crippen LogP contribution in [0.3, 0.4) is 0 Å². The number of likely N-dealkylation sites (tertiary alicyclic amines) is 1. The smallest absolute Gasteiger partial charge is 0.227 e. The molecule has 0 aromatic heterocycles. The molecule has 5 heteroatoms. The summed E-state index contributed by atoms with van der Waals surface area (Å²) in [5.74, 6) is 0.195. The maximum absolute atomic E-state index is 12.1. The molecule has 0 spiro atoms. The number of hydrogen-bond donors (Lipinski definition) is 1. The van der Waals surface area contributed by atoms with E-state index < -0.39 is 0 Å². The fourth-order valence-electron chi connectivity index (χ4n) is 2.29. The number of carbonyl (C=O) groups is 1. The summed E-state index contributed by atoms with van der Waals surface area (Å²) in [6.07, 6.45) is 2.60. The molecular formula is C13H18BrClN2O. The zero-order chi connectivity index (χ0) is 12.3. The van der Waals surface area contributed by atoms with Gasteiger partial charge in [0.2, 0.25) is 5.91 Å². The van der Waals surface area contributed by atoms with Crippen LogP contribution in [0.4, 0.5) is 0 Å². The minimum atomic E-state index is 0. The van der Waals surface area contributed by atoms with Gasteiger partial charge in [-0.25, -0.2) is 0 Å². The van der Waals surface area contributed by atoms with E-state index in [0.29, 0.717) is 13.0 Å². The quantitative estimate of drug-likeness (QED) is 0.923. The minimum absolute atomic E-state index is 0. The van der Waals surface area contributed by atoms with Crippen molar-refractivity contribution in [2.75, 3.05) is 13.1 Å². The molecule has 3 nitrogen and oxygen atoms in total. The van der Waals surface area contributed by atoms with Crippen molar-refractivity contribution in [3.8, 4) is 0 Å². The molecule has 18 heavy (non-hydrogen) atoms. The first kappa shape index (κ1) is 15.5. The van der Waals surface area contributed by atoms with Crippen LogP contribution in [-0.4, -0.2) is 29.9 Å². The van der Waals surface area contributed by atoms with Gasteiger partial charge in [0.25, 0.3) is 0 Å². The van der Waals surface area contributed by atoms with Crippen molar-refractivity contribution in [3.63, 3.8) is 0 Å². The van der Waals surface area contributed by atoms with Crippen LogP contribution in [0.1, 0.15) is 18.4 Å². The Morgan fingerprint density at radius 3 is 2.67 bits per heavy atom. The number of nitrogens with zero attached hydrogens (tertiary/aromatic N) is 1. The highest BCUT2D eigenvalue weighted by atomic mass is 79.9. The van der Waals surface area contributed by atoms with Gasteiger partial charge < -0.3 is 10.6 Å². The van der Waals surface area contributed by atoms with Crippen molar-refractivity contribution in [1.29, 1.82) is 0 Å². The topological polar surface area (TPSA) is 46.3 Å². The lowest BCUT2D eigenvalue weighted by Gasteiger charge is -2.23. The predicted octanol–water partition coefficient (Wildman–Crippen LogP) is 2.36. The lowest BCUT2D eigenvalue weighted by atomic mass is 10.1. The van der Waals surface area contributed by atoms with Crippen LogP contribution in [0.15, 0.2) is 28.7 Å². The summed E-state index contributed by atoms with van der Waals surface area (Å²) in [4.78, 5) is 14.1. The lowest BCUT2D eigenvalue weighted by Crippen LogP contribution is -2.40. The van der Waals surface area contributed by atoms with E-state index in [1.807, 2.05) is 29.2 Å². The molecule has 1 heterocycles. The van der Waals surface area contributed by atoms with Crippen molar-refractivity contribution < 1.29 is 4.79 Å². The van der Waals surface area contributed by atoms with Crippen molar-refractivity contribution in [2.45, 2.75) is 25.3 Å². The molecule has 1 aliphatic rings. The van der Waals surface area contributed by atoms with E-state index in [0.717, 1.165) is 29.4 Å².